The summed E-state index contributed by atoms with van der Waals surface area (Å²) in [6.45, 7) is 7.62. The number of rotatable bonds is 7. The average molecular weight is 506 g/mol. The summed E-state index contributed by atoms with van der Waals surface area (Å²) in [6, 6.07) is 5.17. The van der Waals surface area contributed by atoms with Gasteiger partial charge in [-0.05, 0) is 56.2 Å². The molecule has 28 heavy (non-hydrogen) atoms. The number of nitrogens with zero attached hydrogens (tertiary/aromatic N) is 2. The highest BCUT2D eigenvalue weighted by Gasteiger charge is 2.37. The van der Waals surface area contributed by atoms with Gasteiger partial charge >= 0.3 is 0 Å². The minimum absolute atomic E-state index is 0. The summed E-state index contributed by atoms with van der Waals surface area (Å²) >= 11 is 0. The first-order valence-corrected chi connectivity index (χ1v) is 10.3. The van der Waals surface area contributed by atoms with E-state index in [0.29, 0.717) is 18.6 Å². The van der Waals surface area contributed by atoms with Crippen molar-refractivity contribution < 1.29 is 8.78 Å². The molecule has 0 amide bonds. The molecule has 1 aliphatic heterocycles. The normalized spacial score (nSPS) is 23.2. The lowest BCUT2D eigenvalue weighted by molar-refractivity contribution is 0.198. The molecule has 1 heterocycles. The molecule has 7 heteroatoms. The molecule has 0 bridgehead atoms. The third-order valence-electron chi connectivity index (χ3n) is 5.54. The van der Waals surface area contributed by atoms with E-state index in [2.05, 4.69) is 34.4 Å². The van der Waals surface area contributed by atoms with Gasteiger partial charge in [0.15, 0.2) is 17.6 Å². The summed E-state index contributed by atoms with van der Waals surface area (Å²) in [4.78, 5) is 6.90. The van der Waals surface area contributed by atoms with Crippen molar-refractivity contribution in [1.82, 2.24) is 15.5 Å². The van der Waals surface area contributed by atoms with Crippen LogP contribution in [0.2, 0.25) is 0 Å². The lowest BCUT2D eigenvalue weighted by Gasteiger charge is -2.33. The Morgan fingerprint density at radius 1 is 1.14 bits per heavy atom. The SMILES string of the molecule is CCCC1CC1NC(=NCC)NC1CCN(Cc2ccc(F)c(F)c2)CC1.I. The average Bonchev–Trinajstić information content (AvgIpc) is 3.38. The molecule has 3 rings (SSSR count). The standard InChI is InChI=1S/C21H32F2N4.HI/c1-3-5-16-13-20(16)26-21(24-4-2)25-17-8-10-27(11-9-17)14-15-6-7-18(22)19(23)12-15;/h6-7,12,16-17,20H,3-5,8-11,13-14H2,1-2H3,(H2,24,25,26);1H. The molecule has 158 valence electrons. The number of nitrogens with one attached hydrogen (secondary N) is 2. The first-order chi connectivity index (χ1) is 13.1. The van der Waals surface area contributed by atoms with Gasteiger partial charge in [-0.3, -0.25) is 9.89 Å². The van der Waals surface area contributed by atoms with Gasteiger partial charge in [0.2, 0.25) is 0 Å². The summed E-state index contributed by atoms with van der Waals surface area (Å²) in [5.74, 6) is 0.197. The smallest absolute Gasteiger partial charge is 0.191 e. The highest BCUT2D eigenvalue weighted by atomic mass is 127. The van der Waals surface area contributed by atoms with Gasteiger partial charge in [-0.2, -0.15) is 0 Å². The van der Waals surface area contributed by atoms with E-state index in [1.54, 1.807) is 6.07 Å². The van der Waals surface area contributed by atoms with E-state index < -0.39 is 11.6 Å². The maximum absolute atomic E-state index is 13.4. The quantitative estimate of drug-likeness (QED) is 0.330. The molecule has 0 spiro atoms. The number of halogens is 3. The topological polar surface area (TPSA) is 39.7 Å². The van der Waals surface area contributed by atoms with E-state index >= 15 is 0 Å². The lowest BCUT2D eigenvalue weighted by atomic mass is 10.0. The highest BCUT2D eigenvalue weighted by Crippen LogP contribution is 2.34. The molecule has 1 saturated heterocycles. The summed E-state index contributed by atoms with van der Waals surface area (Å²) in [5, 5.41) is 7.18. The molecule has 1 saturated carbocycles. The zero-order valence-electron chi connectivity index (χ0n) is 16.9. The van der Waals surface area contributed by atoms with E-state index in [1.807, 2.05) is 0 Å². The van der Waals surface area contributed by atoms with Crippen molar-refractivity contribution in [3.8, 4) is 0 Å². The first-order valence-electron chi connectivity index (χ1n) is 10.3. The van der Waals surface area contributed by atoms with Gasteiger partial charge in [-0.25, -0.2) is 8.78 Å². The van der Waals surface area contributed by atoms with Crippen molar-refractivity contribution in [3.05, 3.63) is 35.4 Å². The minimum Gasteiger partial charge on any atom is -0.354 e. The number of aliphatic imine (C=N–C) groups is 1. The van der Waals surface area contributed by atoms with Gasteiger partial charge in [0.1, 0.15) is 0 Å². The van der Waals surface area contributed by atoms with Crippen LogP contribution in [0.3, 0.4) is 0 Å². The van der Waals surface area contributed by atoms with Crippen LogP contribution < -0.4 is 10.6 Å². The summed E-state index contributed by atoms with van der Waals surface area (Å²) in [7, 11) is 0. The highest BCUT2D eigenvalue weighted by molar-refractivity contribution is 14.0. The van der Waals surface area contributed by atoms with Crippen molar-refractivity contribution in [2.45, 2.75) is 64.6 Å². The number of hydrogen-bond donors (Lipinski definition) is 2. The number of piperidine rings is 1. The number of hydrogen-bond acceptors (Lipinski definition) is 2. The Hall–Kier alpha value is -0.960. The molecule has 2 N–H and O–H groups in total. The maximum atomic E-state index is 13.4. The zero-order chi connectivity index (χ0) is 19.2. The Labute approximate surface area is 184 Å². The zero-order valence-corrected chi connectivity index (χ0v) is 19.2. The maximum Gasteiger partial charge on any atom is 0.191 e. The Morgan fingerprint density at radius 2 is 1.89 bits per heavy atom. The summed E-state index contributed by atoms with van der Waals surface area (Å²) in [6.07, 6.45) is 5.84. The third kappa shape index (κ3) is 6.83. The molecule has 0 aromatic heterocycles. The second-order valence-corrected chi connectivity index (χ2v) is 7.80. The fraction of sp³-hybridized carbons (Fsp3) is 0.667. The Kier molecular flexibility index (Phi) is 9.40. The van der Waals surface area contributed by atoms with E-state index in [9.17, 15) is 8.78 Å². The summed E-state index contributed by atoms with van der Waals surface area (Å²) in [5.41, 5.74) is 0.825. The van der Waals surface area contributed by atoms with Crippen LogP contribution in [0, 0.1) is 17.6 Å². The van der Waals surface area contributed by atoms with Crippen molar-refractivity contribution in [3.63, 3.8) is 0 Å². The molecule has 0 radical (unpaired) electrons. The van der Waals surface area contributed by atoms with Crippen molar-refractivity contribution in [1.29, 1.82) is 0 Å². The predicted octanol–water partition coefficient (Wildman–Crippen LogP) is 4.29. The fourth-order valence-corrected chi connectivity index (χ4v) is 3.91. The molecule has 2 aliphatic rings. The molecule has 4 nitrogen and oxygen atoms in total. The van der Waals surface area contributed by atoms with Gasteiger partial charge in [-0.1, -0.05) is 19.4 Å². The van der Waals surface area contributed by atoms with Gasteiger partial charge in [0, 0.05) is 38.3 Å². The molecule has 1 aromatic rings. The Bertz CT molecular complexity index is 647. The largest absolute Gasteiger partial charge is 0.354 e. The van der Waals surface area contributed by atoms with Crippen LogP contribution in [0.4, 0.5) is 8.78 Å². The van der Waals surface area contributed by atoms with Crippen LogP contribution >= 0.6 is 24.0 Å². The van der Waals surface area contributed by atoms with E-state index in [-0.39, 0.29) is 24.0 Å². The summed E-state index contributed by atoms with van der Waals surface area (Å²) < 4.78 is 26.4. The molecular weight excluding hydrogens is 473 g/mol. The van der Waals surface area contributed by atoms with Gasteiger partial charge in [0.05, 0.1) is 0 Å². The number of guanidine groups is 1. The van der Waals surface area contributed by atoms with Crippen molar-refractivity contribution in [2.24, 2.45) is 10.9 Å². The van der Waals surface area contributed by atoms with Gasteiger partial charge in [-0.15, -0.1) is 24.0 Å². The van der Waals surface area contributed by atoms with Crippen LogP contribution in [0.15, 0.2) is 23.2 Å². The molecule has 1 aliphatic carbocycles. The fourth-order valence-electron chi connectivity index (χ4n) is 3.91. The second kappa shape index (κ2) is 11.3. The molecule has 2 fully saturated rings. The van der Waals surface area contributed by atoms with Crippen LogP contribution in [0.1, 0.15) is 51.5 Å². The molecule has 2 unspecified atom stereocenters. The van der Waals surface area contributed by atoms with Crippen LogP contribution in [0.25, 0.3) is 0 Å². The Morgan fingerprint density at radius 3 is 2.54 bits per heavy atom. The lowest BCUT2D eigenvalue weighted by Crippen LogP contribution is -2.49. The van der Waals surface area contributed by atoms with E-state index in [4.69, 9.17) is 0 Å². The van der Waals surface area contributed by atoms with Crippen LogP contribution in [-0.4, -0.2) is 42.6 Å². The second-order valence-electron chi connectivity index (χ2n) is 7.80. The first kappa shape index (κ1) is 23.3. The van der Waals surface area contributed by atoms with Crippen molar-refractivity contribution >= 4 is 29.9 Å². The minimum atomic E-state index is -0.784. The van der Waals surface area contributed by atoms with E-state index in [0.717, 1.165) is 49.9 Å². The number of benzene rings is 1. The predicted molar refractivity (Wildman–Crippen MR) is 121 cm³/mol. The molecule has 2 atom stereocenters. The monoisotopic (exact) mass is 506 g/mol. The van der Waals surface area contributed by atoms with E-state index in [1.165, 1.54) is 31.4 Å². The van der Waals surface area contributed by atoms with Crippen molar-refractivity contribution in [2.75, 3.05) is 19.6 Å². The van der Waals surface area contributed by atoms with Crippen LogP contribution in [0.5, 0.6) is 0 Å². The number of likely N-dealkylation sites (tertiary alicyclic amines) is 1. The third-order valence-corrected chi connectivity index (χ3v) is 5.54. The van der Waals surface area contributed by atoms with Gasteiger partial charge in [0.25, 0.3) is 0 Å². The molecular formula is C21H33F2IN4. The van der Waals surface area contributed by atoms with Crippen LogP contribution in [-0.2, 0) is 6.54 Å². The molecule has 1 aromatic carbocycles. The van der Waals surface area contributed by atoms with Gasteiger partial charge < -0.3 is 10.6 Å². The Balaban J connectivity index is 0.00000280.